The quantitative estimate of drug-likeness (QED) is 0.812. The number of nitrogens with one attached hydrogen (secondary N) is 2. The van der Waals surface area contributed by atoms with Crippen molar-refractivity contribution in [1.82, 2.24) is 0 Å². The lowest BCUT2D eigenvalue weighted by Gasteiger charge is -2.13. The van der Waals surface area contributed by atoms with Gasteiger partial charge in [-0.15, -0.1) is 0 Å². The maximum atomic E-state index is 12.1. The molecule has 0 aliphatic rings. The second kappa shape index (κ2) is 8.24. The van der Waals surface area contributed by atoms with Crippen molar-refractivity contribution in [3.8, 4) is 11.5 Å². The van der Waals surface area contributed by atoms with Gasteiger partial charge in [-0.2, -0.15) is 0 Å². The first-order chi connectivity index (χ1) is 11.5. The van der Waals surface area contributed by atoms with E-state index in [2.05, 4.69) is 16.7 Å². The van der Waals surface area contributed by atoms with Crippen LogP contribution in [0.25, 0.3) is 0 Å². The number of methoxy groups -OCH3 is 2. The third kappa shape index (κ3) is 4.91. The van der Waals surface area contributed by atoms with Gasteiger partial charge in [-0.25, -0.2) is 0 Å². The topological polar surface area (TPSA) is 59.6 Å². The normalized spacial score (nSPS) is 10.2. The highest BCUT2D eigenvalue weighted by Crippen LogP contribution is 2.28. The summed E-state index contributed by atoms with van der Waals surface area (Å²) < 4.78 is 10.5. The van der Waals surface area contributed by atoms with Crippen molar-refractivity contribution >= 4 is 17.3 Å². The summed E-state index contributed by atoms with van der Waals surface area (Å²) in [7, 11) is 3.22. The zero-order chi connectivity index (χ0) is 17.5. The molecule has 0 bridgehead atoms. The van der Waals surface area contributed by atoms with Gasteiger partial charge in [-0.1, -0.05) is 6.07 Å². The van der Waals surface area contributed by atoms with E-state index >= 15 is 0 Å². The Labute approximate surface area is 143 Å². The summed E-state index contributed by atoms with van der Waals surface area (Å²) in [5, 5.41) is 6.14. The molecule has 0 aromatic heterocycles. The highest BCUT2D eigenvalue weighted by Gasteiger charge is 2.07. The average molecular weight is 328 g/mol. The zero-order valence-corrected chi connectivity index (χ0v) is 14.6. The summed E-state index contributed by atoms with van der Waals surface area (Å²) in [6, 6.07) is 11.5. The highest BCUT2D eigenvalue weighted by molar-refractivity contribution is 5.91. The Bertz CT molecular complexity index is 694. The van der Waals surface area contributed by atoms with Gasteiger partial charge in [-0.05, 0) is 49.2 Å². The molecule has 0 radical (unpaired) electrons. The minimum atomic E-state index is -0.0330. The first kappa shape index (κ1) is 17.7. The molecule has 2 aromatic carbocycles. The summed E-state index contributed by atoms with van der Waals surface area (Å²) in [5.41, 5.74) is 3.89. The number of benzene rings is 2. The molecule has 1 amide bonds. The number of hydrogen-bond acceptors (Lipinski definition) is 4. The highest BCUT2D eigenvalue weighted by atomic mass is 16.5. The van der Waals surface area contributed by atoms with Gasteiger partial charge in [0.2, 0.25) is 5.91 Å². The molecule has 0 unspecified atom stereocenters. The van der Waals surface area contributed by atoms with Crippen molar-refractivity contribution < 1.29 is 14.3 Å². The Morgan fingerprint density at radius 1 is 1.00 bits per heavy atom. The third-order valence-electron chi connectivity index (χ3n) is 3.58. The molecule has 0 spiro atoms. The minimum absolute atomic E-state index is 0.0330. The van der Waals surface area contributed by atoms with E-state index in [9.17, 15) is 4.79 Å². The summed E-state index contributed by atoms with van der Waals surface area (Å²) in [6.07, 6.45) is 0.355. The van der Waals surface area contributed by atoms with Crippen molar-refractivity contribution in [3.63, 3.8) is 0 Å². The Hall–Kier alpha value is -2.69. The number of aryl methyl sites for hydroxylation is 2. The number of rotatable bonds is 7. The van der Waals surface area contributed by atoms with Gasteiger partial charge in [0, 0.05) is 24.7 Å². The van der Waals surface area contributed by atoms with Crippen molar-refractivity contribution in [3.05, 3.63) is 47.5 Å². The van der Waals surface area contributed by atoms with E-state index in [0.717, 1.165) is 28.3 Å². The van der Waals surface area contributed by atoms with Crippen molar-refractivity contribution in [2.24, 2.45) is 0 Å². The maximum Gasteiger partial charge on any atom is 0.226 e. The van der Waals surface area contributed by atoms with Crippen molar-refractivity contribution in [2.75, 3.05) is 31.4 Å². The fourth-order valence-electron chi connectivity index (χ4n) is 2.53. The lowest BCUT2D eigenvalue weighted by atomic mass is 10.1. The van der Waals surface area contributed by atoms with E-state index in [4.69, 9.17) is 9.47 Å². The van der Waals surface area contributed by atoms with Gasteiger partial charge >= 0.3 is 0 Å². The Morgan fingerprint density at radius 3 is 2.33 bits per heavy atom. The summed E-state index contributed by atoms with van der Waals surface area (Å²) in [5.74, 6) is 1.41. The molecule has 0 aliphatic carbocycles. The molecule has 0 saturated heterocycles. The van der Waals surface area contributed by atoms with Gasteiger partial charge in [-0.3, -0.25) is 4.79 Å². The van der Waals surface area contributed by atoms with Gasteiger partial charge in [0.25, 0.3) is 0 Å². The molecule has 24 heavy (non-hydrogen) atoms. The van der Waals surface area contributed by atoms with Crippen LogP contribution in [-0.4, -0.2) is 26.7 Å². The van der Waals surface area contributed by atoms with Gasteiger partial charge in [0.05, 0.1) is 19.9 Å². The molecule has 2 rings (SSSR count). The number of ether oxygens (including phenoxy) is 2. The standard InChI is InChI=1S/C19H24N2O3/c1-13-9-14(2)11-15(10-13)21-19(22)7-8-20-17-12-16(23-3)5-6-18(17)24-4/h5-6,9-12,20H,7-8H2,1-4H3,(H,21,22). The number of hydrogen-bond donors (Lipinski definition) is 2. The van der Waals surface area contributed by atoms with E-state index in [-0.39, 0.29) is 5.91 Å². The van der Waals surface area contributed by atoms with Crippen LogP contribution in [0.5, 0.6) is 11.5 Å². The van der Waals surface area contributed by atoms with Crippen molar-refractivity contribution in [1.29, 1.82) is 0 Å². The molecular formula is C19H24N2O3. The number of carbonyl (C=O) groups is 1. The molecule has 0 saturated carbocycles. The lowest BCUT2D eigenvalue weighted by molar-refractivity contribution is -0.115. The largest absolute Gasteiger partial charge is 0.497 e. The average Bonchev–Trinajstić information content (AvgIpc) is 2.53. The van der Waals surface area contributed by atoms with Crippen LogP contribution in [0.1, 0.15) is 17.5 Å². The summed E-state index contributed by atoms with van der Waals surface area (Å²) in [6.45, 7) is 4.53. The molecule has 2 aromatic rings. The van der Waals surface area contributed by atoms with E-state index < -0.39 is 0 Å². The molecule has 0 atom stereocenters. The SMILES string of the molecule is COc1ccc(OC)c(NCCC(=O)Nc2cc(C)cc(C)c2)c1. The molecule has 0 heterocycles. The zero-order valence-electron chi connectivity index (χ0n) is 14.6. The fraction of sp³-hybridized carbons (Fsp3) is 0.316. The Kier molecular flexibility index (Phi) is 6.07. The van der Waals surface area contributed by atoms with E-state index in [0.29, 0.717) is 18.7 Å². The second-order valence-electron chi connectivity index (χ2n) is 5.67. The molecule has 2 N–H and O–H groups in total. The van der Waals surface area contributed by atoms with Crippen LogP contribution < -0.4 is 20.1 Å². The predicted octanol–water partition coefficient (Wildman–Crippen LogP) is 3.76. The molecule has 0 aliphatic heterocycles. The number of carbonyl (C=O) groups excluding carboxylic acids is 1. The number of anilines is 2. The van der Waals surface area contributed by atoms with E-state index in [1.807, 2.05) is 44.2 Å². The second-order valence-corrected chi connectivity index (χ2v) is 5.67. The monoisotopic (exact) mass is 328 g/mol. The van der Waals surface area contributed by atoms with Crippen LogP contribution in [0.3, 0.4) is 0 Å². The van der Waals surface area contributed by atoms with E-state index in [1.165, 1.54) is 0 Å². The number of amides is 1. The molecular weight excluding hydrogens is 304 g/mol. The summed E-state index contributed by atoms with van der Waals surface area (Å²) >= 11 is 0. The minimum Gasteiger partial charge on any atom is -0.497 e. The van der Waals surface area contributed by atoms with E-state index in [1.54, 1.807) is 14.2 Å². The van der Waals surface area contributed by atoms with Crippen LogP contribution in [0.15, 0.2) is 36.4 Å². The van der Waals surface area contributed by atoms with Gasteiger partial charge in [0.15, 0.2) is 0 Å². The first-order valence-electron chi connectivity index (χ1n) is 7.86. The van der Waals surface area contributed by atoms with Crippen LogP contribution in [0.4, 0.5) is 11.4 Å². The van der Waals surface area contributed by atoms with Crippen LogP contribution in [-0.2, 0) is 4.79 Å². The molecule has 5 nitrogen and oxygen atoms in total. The van der Waals surface area contributed by atoms with Crippen LogP contribution >= 0.6 is 0 Å². The fourth-order valence-corrected chi connectivity index (χ4v) is 2.53. The molecule has 0 fully saturated rings. The molecule has 128 valence electrons. The molecule has 5 heteroatoms. The maximum absolute atomic E-state index is 12.1. The third-order valence-corrected chi connectivity index (χ3v) is 3.58. The van der Waals surface area contributed by atoms with Crippen molar-refractivity contribution in [2.45, 2.75) is 20.3 Å². The van der Waals surface area contributed by atoms with Gasteiger partial charge in [0.1, 0.15) is 11.5 Å². The first-order valence-corrected chi connectivity index (χ1v) is 7.86. The van der Waals surface area contributed by atoms with Crippen LogP contribution in [0, 0.1) is 13.8 Å². The Balaban J connectivity index is 1.90. The van der Waals surface area contributed by atoms with Crippen LogP contribution in [0.2, 0.25) is 0 Å². The Morgan fingerprint density at radius 2 is 1.71 bits per heavy atom. The predicted molar refractivity (Wildman–Crippen MR) is 97.2 cm³/mol. The lowest BCUT2D eigenvalue weighted by Crippen LogP contribution is -2.16. The van der Waals surface area contributed by atoms with Gasteiger partial charge < -0.3 is 20.1 Å². The smallest absolute Gasteiger partial charge is 0.226 e. The summed E-state index contributed by atoms with van der Waals surface area (Å²) in [4.78, 5) is 12.1.